The van der Waals surface area contributed by atoms with Crippen LogP contribution in [0.15, 0.2) is 94.8 Å². The molecule has 0 atom stereocenters. The van der Waals surface area contributed by atoms with E-state index < -0.39 is 17.2 Å². The second kappa shape index (κ2) is 11.4. The first-order valence-electron chi connectivity index (χ1n) is 13.0. The molecule has 0 saturated carbocycles. The van der Waals surface area contributed by atoms with Gasteiger partial charge in [-0.1, -0.05) is 56.3 Å². The van der Waals surface area contributed by atoms with Crippen molar-refractivity contribution < 1.29 is 14.3 Å². The molecular weight excluding hydrogens is 508 g/mol. The Morgan fingerprint density at radius 2 is 1.62 bits per heavy atom. The molecule has 0 spiro atoms. The van der Waals surface area contributed by atoms with Crippen molar-refractivity contribution in [3.63, 3.8) is 0 Å². The fourth-order valence-corrected chi connectivity index (χ4v) is 4.57. The average Bonchev–Trinajstić information content (AvgIpc) is 3.38. The molecule has 5 rings (SSSR count). The van der Waals surface area contributed by atoms with Crippen LogP contribution < -0.4 is 16.0 Å². The summed E-state index contributed by atoms with van der Waals surface area (Å²) in [6.45, 7) is 4.72. The lowest BCUT2D eigenvalue weighted by molar-refractivity contribution is 0.0600. The lowest BCUT2D eigenvalue weighted by atomic mass is 10.0. The number of carbonyl (C=O) groups excluding carboxylic acids is 1. The molecule has 0 unspecified atom stereocenters. The maximum absolute atomic E-state index is 13.7. The molecule has 5 aromatic rings. The van der Waals surface area contributed by atoms with Gasteiger partial charge in [-0.3, -0.25) is 9.36 Å². The van der Waals surface area contributed by atoms with E-state index in [1.54, 1.807) is 35.2 Å². The Labute approximate surface area is 230 Å². The number of esters is 1. The van der Waals surface area contributed by atoms with Gasteiger partial charge < -0.3 is 14.0 Å². The monoisotopic (exact) mass is 538 g/mol. The number of aromatic nitrogens is 4. The van der Waals surface area contributed by atoms with Gasteiger partial charge in [0, 0.05) is 6.54 Å². The molecule has 40 heavy (non-hydrogen) atoms. The van der Waals surface area contributed by atoms with E-state index in [9.17, 15) is 14.4 Å². The highest BCUT2D eigenvalue weighted by Gasteiger charge is 2.20. The van der Waals surface area contributed by atoms with Crippen LogP contribution in [0.1, 0.15) is 41.3 Å². The maximum Gasteiger partial charge on any atom is 0.337 e. The normalized spacial score (nSPS) is 11.2. The van der Waals surface area contributed by atoms with Gasteiger partial charge >= 0.3 is 11.7 Å². The van der Waals surface area contributed by atoms with Gasteiger partial charge in [0.1, 0.15) is 12.4 Å². The topological polar surface area (TPSA) is 97.4 Å². The molecule has 0 bridgehead atoms. The first-order valence-corrected chi connectivity index (χ1v) is 13.0. The highest BCUT2D eigenvalue weighted by atomic mass is 16.5. The number of fused-ring (bicyclic) bond motifs is 1. The molecule has 9 heteroatoms. The molecule has 3 aromatic carbocycles. The van der Waals surface area contributed by atoms with Gasteiger partial charge in [-0.2, -0.15) is 0 Å². The van der Waals surface area contributed by atoms with Crippen molar-refractivity contribution in [2.75, 3.05) is 13.7 Å². The molecule has 2 heterocycles. The van der Waals surface area contributed by atoms with Crippen molar-refractivity contribution in [3.05, 3.63) is 123 Å². The van der Waals surface area contributed by atoms with Gasteiger partial charge in [0.05, 0.1) is 31.2 Å². The Kier molecular flexibility index (Phi) is 7.63. The summed E-state index contributed by atoms with van der Waals surface area (Å²) in [4.78, 5) is 43.8. The number of hydrogen-bond acceptors (Lipinski definition) is 6. The summed E-state index contributed by atoms with van der Waals surface area (Å²) in [6, 6.07) is 23.9. The minimum atomic E-state index is -0.487. The van der Waals surface area contributed by atoms with E-state index >= 15 is 0 Å². The first-order chi connectivity index (χ1) is 19.4. The van der Waals surface area contributed by atoms with Crippen molar-refractivity contribution in [2.45, 2.75) is 32.9 Å². The number of hydrogen-bond donors (Lipinski definition) is 0. The van der Waals surface area contributed by atoms with E-state index in [2.05, 4.69) is 18.8 Å². The first kappa shape index (κ1) is 26.7. The van der Waals surface area contributed by atoms with Crippen LogP contribution in [0.5, 0.6) is 5.75 Å². The zero-order valence-electron chi connectivity index (χ0n) is 22.6. The largest absolute Gasteiger partial charge is 0.492 e. The van der Waals surface area contributed by atoms with E-state index in [1.165, 1.54) is 16.2 Å². The van der Waals surface area contributed by atoms with Crippen LogP contribution in [0.3, 0.4) is 0 Å². The summed E-state index contributed by atoms with van der Waals surface area (Å²) in [5.41, 5.74) is 2.67. The number of para-hydroxylation sites is 1. The maximum atomic E-state index is 13.7. The number of methoxy groups -OCH3 is 1. The Morgan fingerprint density at radius 3 is 2.27 bits per heavy atom. The second-order valence-electron chi connectivity index (χ2n) is 9.72. The van der Waals surface area contributed by atoms with Gasteiger partial charge in [0.25, 0.3) is 5.56 Å². The quantitative estimate of drug-likeness (QED) is 0.258. The molecule has 204 valence electrons. The Bertz CT molecular complexity index is 1750. The third kappa shape index (κ3) is 5.31. The number of ether oxygens (including phenoxy) is 2. The van der Waals surface area contributed by atoms with Crippen molar-refractivity contribution in [3.8, 4) is 11.4 Å². The van der Waals surface area contributed by atoms with Crippen LogP contribution in [0, 0.1) is 0 Å². The van der Waals surface area contributed by atoms with Crippen LogP contribution >= 0.6 is 0 Å². The van der Waals surface area contributed by atoms with Gasteiger partial charge in [-0.05, 0) is 53.4 Å². The Morgan fingerprint density at radius 1 is 0.925 bits per heavy atom. The Balaban J connectivity index is 1.58. The molecule has 0 N–H and O–H groups in total. The third-order valence-corrected chi connectivity index (χ3v) is 6.77. The van der Waals surface area contributed by atoms with Crippen LogP contribution in [-0.4, -0.2) is 38.4 Å². The number of benzene rings is 3. The van der Waals surface area contributed by atoms with Crippen LogP contribution in [0.2, 0.25) is 0 Å². The number of carbonyl (C=O) groups is 1. The van der Waals surface area contributed by atoms with Crippen LogP contribution in [0.4, 0.5) is 0 Å². The summed E-state index contributed by atoms with van der Waals surface area (Å²) in [5.74, 6) is 0.564. The van der Waals surface area contributed by atoms with Crippen molar-refractivity contribution in [1.82, 2.24) is 18.7 Å². The third-order valence-electron chi connectivity index (χ3n) is 6.77. The van der Waals surface area contributed by atoms with E-state index in [0.717, 1.165) is 11.1 Å². The zero-order valence-corrected chi connectivity index (χ0v) is 22.6. The predicted molar refractivity (Wildman–Crippen MR) is 152 cm³/mol. The van der Waals surface area contributed by atoms with E-state index in [-0.39, 0.29) is 18.8 Å². The highest BCUT2D eigenvalue weighted by molar-refractivity contribution is 5.89. The van der Waals surface area contributed by atoms with Crippen LogP contribution in [0.25, 0.3) is 16.9 Å². The smallest absolute Gasteiger partial charge is 0.337 e. The second-order valence-corrected chi connectivity index (χ2v) is 9.72. The SMILES string of the molecule is COC(=O)c1ccc(Cn2cnc3c2c(=O)n(CCOc2ccccc2)c(=O)n3-c2ccc(C(C)C)cc2)cc1. The van der Waals surface area contributed by atoms with Gasteiger partial charge in [-0.25, -0.2) is 19.1 Å². The number of rotatable bonds is 9. The molecule has 9 nitrogen and oxygen atoms in total. The molecule has 0 saturated heterocycles. The van der Waals surface area contributed by atoms with Gasteiger partial charge in [0.2, 0.25) is 0 Å². The molecule has 0 fully saturated rings. The average molecular weight is 539 g/mol. The van der Waals surface area contributed by atoms with Gasteiger partial charge in [-0.15, -0.1) is 0 Å². The van der Waals surface area contributed by atoms with Gasteiger partial charge in [0.15, 0.2) is 11.2 Å². The molecule has 0 aliphatic carbocycles. The van der Waals surface area contributed by atoms with Crippen LogP contribution in [-0.2, 0) is 17.8 Å². The molecule has 0 radical (unpaired) electrons. The number of imidazole rings is 1. The summed E-state index contributed by atoms with van der Waals surface area (Å²) >= 11 is 0. The molecule has 0 aliphatic heterocycles. The lowest BCUT2D eigenvalue weighted by Crippen LogP contribution is -2.41. The minimum absolute atomic E-state index is 0.0611. The summed E-state index contributed by atoms with van der Waals surface area (Å²) in [7, 11) is 1.33. The molecule has 0 aliphatic rings. The molecular formula is C31H30N4O5. The Hall–Kier alpha value is -4.92. The van der Waals surface area contributed by atoms with Crippen molar-refractivity contribution in [1.29, 1.82) is 0 Å². The zero-order chi connectivity index (χ0) is 28.2. The minimum Gasteiger partial charge on any atom is -0.492 e. The predicted octanol–water partition coefficient (Wildman–Crippen LogP) is 4.39. The fourth-order valence-electron chi connectivity index (χ4n) is 4.57. The molecule has 2 aromatic heterocycles. The summed E-state index contributed by atoms with van der Waals surface area (Å²) in [6.07, 6.45) is 1.56. The summed E-state index contributed by atoms with van der Waals surface area (Å²) < 4.78 is 15.0. The van der Waals surface area contributed by atoms with E-state index in [1.807, 2.05) is 54.6 Å². The van der Waals surface area contributed by atoms with E-state index in [4.69, 9.17) is 9.47 Å². The molecule has 0 amide bonds. The van der Waals surface area contributed by atoms with E-state index in [0.29, 0.717) is 35.0 Å². The lowest BCUT2D eigenvalue weighted by Gasteiger charge is -2.14. The highest BCUT2D eigenvalue weighted by Crippen LogP contribution is 2.19. The van der Waals surface area contributed by atoms with Crippen molar-refractivity contribution >= 4 is 17.1 Å². The standard InChI is InChI=1S/C31H30N4O5/c1-21(2)23-13-15-25(16-14-23)35-28-27(29(36)34(31(35)38)17-18-40-26-7-5-4-6-8-26)33(20-32-28)19-22-9-11-24(12-10-22)30(37)39-3/h4-16,20-21H,17-19H2,1-3H3. The van der Waals surface area contributed by atoms with Crippen molar-refractivity contribution in [2.24, 2.45) is 0 Å². The number of nitrogens with zero attached hydrogens (tertiary/aromatic N) is 4. The summed E-state index contributed by atoms with van der Waals surface area (Å²) in [5, 5.41) is 0. The fraction of sp³-hybridized carbons (Fsp3) is 0.226.